The summed E-state index contributed by atoms with van der Waals surface area (Å²) in [4.78, 5) is 23.8. The Morgan fingerprint density at radius 1 is 1.00 bits per heavy atom. The van der Waals surface area contributed by atoms with Gasteiger partial charge in [0.1, 0.15) is 19.8 Å². The van der Waals surface area contributed by atoms with Gasteiger partial charge in [-0.05, 0) is 35.2 Å². The fourth-order valence-corrected chi connectivity index (χ4v) is 2.30. The molecule has 5 nitrogen and oxygen atoms in total. The number of amides is 1. The van der Waals surface area contributed by atoms with Crippen LogP contribution in [0, 0.1) is 5.82 Å². The number of hydrogen-bond acceptors (Lipinski definition) is 4. The van der Waals surface area contributed by atoms with E-state index in [2.05, 4.69) is 26.1 Å². The third-order valence-corrected chi connectivity index (χ3v) is 3.85. The quantitative estimate of drug-likeness (QED) is 0.596. The van der Waals surface area contributed by atoms with Crippen molar-refractivity contribution in [1.82, 2.24) is 5.32 Å². The summed E-state index contributed by atoms with van der Waals surface area (Å²) in [6.07, 6.45) is 0. The molecular formula is C21H24FNO4. The molecule has 0 aromatic heterocycles. The van der Waals surface area contributed by atoms with E-state index in [1.54, 1.807) is 24.3 Å². The second kappa shape index (κ2) is 9.16. The number of nitrogens with one attached hydrogen (secondary N) is 1. The topological polar surface area (TPSA) is 64.6 Å². The molecule has 0 spiro atoms. The first-order chi connectivity index (χ1) is 12.8. The van der Waals surface area contributed by atoms with Gasteiger partial charge in [0.05, 0.1) is 0 Å². The first-order valence-electron chi connectivity index (χ1n) is 8.69. The summed E-state index contributed by atoms with van der Waals surface area (Å²) >= 11 is 0. The normalized spacial score (nSPS) is 11.0. The van der Waals surface area contributed by atoms with E-state index in [-0.39, 0.29) is 36.8 Å². The molecule has 0 aliphatic carbocycles. The summed E-state index contributed by atoms with van der Waals surface area (Å²) in [6, 6.07) is 13.2. The lowest BCUT2D eigenvalue weighted by atomic mass is 9.87. The molecule has 144 valence electrons. The number of rotatable bonds is 7. The molecule has 27 heavy (non-hydrogen) atoms. The lowest BCUT2D eigenvalue weighted by Gasteiger charge is -2.19. The van der Waals surface area contributed by atoms with Crippen LogP contribution >= 0.6 is 0 Å². The van der Waals surface area contributed by atoms with E-state index >= 15 is 0 Å². The zero-order valence-electron chi connectivity index (χ0n) is 15.8. The smallest absolute Gasteiger partial charge is 0.325 e. The summed E-state index contributed by atoms with van der Waals surface area (Å²) in [5.41, 5.74) is 1.59. The van der Waals surface area contributed by atoms with Gasteiger partial charge in [0, 0.05) is 5.56 Å². The molecule has 2 rings (SSSR count). The molecule has 0 saturated carbocycles. The third-order valence-electron chi connectivity index (χ3n) is 3.85. The van der Waals surface area contributed by atoms with E-state index in [0.717, 1.165) is 5.56 Å². The minimum Gasteiger partial charge on any atom is -0.487 e. The number of benzene rings is 2. The van der Waals surface area contributed by atoms with Gasteiger partial charge in [-0.15, -0.1) is 0 Å². The summed E-state index contributed by atoms with van der Waals surface area (Å²) in [6.45, 7) is 6.01. The van der Waals surface area contributed by atoms with Crippen molar-refractivity contribution in [3.05, 3.63) is 65.5 Å². The van der Waals surface area contributed by atoms with Crippen LogP contribution in [0.15, 0.2) is 48.5 Å². The number of ether oxygens (including phenoxy) is 2. The molecule has 0 unspecified atom stereocenters. The lowest BCUT2D eigenvalue weighted by Crippen LogP contribution is -2.31. The van der Waals surface area contributed by atoms with Crippen LogP contribution < -0.4 is 10.1 Å². The molecule has 6 heteroatoms. The van der Waals surface area contributed by atoms with Crippen molar-refractivity contribution in [2.45, 2.75) is 26.2 Å². The monoisotopic (exact) mass is 373 g/mol. The molecular weight excluding hydrogens is 349 g/mol. The molecule has 0 heterocycles. The van der Waals surface area contributed by atoms with E-state index in [9.17, 15) is 14.0 Å². The fraction of sp³-hybridized carbons (Fsp3) is 0.333. The molecule has 2 aromatic rings. The molecule has 0 bridgehead atoms. The van der Waals surface area contributed by atoms with Crippen LogP contribution in [-0.4, -0.2) is 31.6 Å². The first kappa shape index (κ1) is 20.4. The van der Waals surface area contributed by atoms with Gasteiger partial charge in [-0.2, -0.15) is 0 Å². The van der Waals surface area contributed by atoms with Crippen molar-refractivity contribution >= 4 is 11.9 Å². The SMILES string of the molecule is CC(C)(C)c1ccc(C(=O)NCC(=O)OCCOc2ccccc2F)cc1. The van der Waals surface area contributed by atoms with E-state index in [1.165, 1.54) is 12.1 Å². The summed E-state index contributed by atoms with van der Waals surface area (Å²) in [7, 11) is 0. The minimum absolute atomic E-state index is 0.00352. The second-order valence-corrected chi connectivity index (χ2v) is 7.01. The highest BCUT2D eigenvalue weighted by Crippen LogP contribution is 2.22. The number of carbonyl (C=O) groups is 2. The van der Waals surface area contributed by atoms with Crippen molar-refractivity contribution in [2.75, 3.05) is 19.8 Å². The maximum atomic E-state index is 13.4. The molecule has 1 N–H and O–H groups in total. The Morgan fingerprint density at radius 3 is 2.30 bits per heavy atom. The van der Waals surface area contributed by atoms with Gasteiger partial charge in [-0.3, -0.25) is 9.59 Å². The highest BCUT2D eigenvalue weighted by molar-refractivity contribution is 5.95. The van der Waals surface area contributed by atoms with Crippen molar-refractivity contribution in [2.24, 2.45) is 0 Å². The summed E-state index contributed by atoms with van der Waals surface area (Å²) < 4.78 is 23.5. The van der Waals surface area contributed by atoms with Crippen molar-refractivity contribution in [1.29, 1.82) is 0 Å². The molecule has 0 fully saturated rings. The van der Waals surface area contributed by atoms with Crippen molar-refractivity contribution in [3.63, 3.8) is 0 Å². The molecule has 2 aromatic carbocycles. The number of hydrogen-bond donors (Lipinski definition) is 1. The van der Waals surface area contributed by atoms with Crippen LogP contribution in [0.25, 0.3) is 0 Å². The summed E-state index contributed by atoms with van der Waals surface area (Å²) in [5.74, 6) is -1.32. The second-order valence-electron chi connectivity index (χ2n) is 7.01. The van der Waals surface area contributed by atoms with Crippen molar-refractivity contribution < 1.29 is 23.5 Å². The number of para-hydroxylation sites is 1. The van der Waals surface area contributed by atoms with Gasteiger partial charge >= 0.3 is 5.97 Å². The fourth-order valence-electron chi connectivity index (χ4n) is 2.30. The predicted octanol–water partition coefficient (Wildman–Crippen LogP) is 3.48. The molecule has 0 radical (unpaired) electrons. The average molecular weight is 373 g/mol. The van der Waals surface area contributed by atoms with E-state index < -0.39 is 11.8 Å². The number of halogens is 1. The van der Waals surface area contributed by atoms with E-state index in [0.29, 0.717) is 5.56 Å². The van der Waals surface area contributed by atoms with Crippen LogP contribution in [0.1, 0.15) is 36.7 Å². The zero-order chi connectivity index (χ0) is 19.9. The molecule has 0 saturated heterocycles. The van der Waals surface area contributed by atoms with Crippen LogP contribution in [0.3, 0.4) is 0 Å². The summed E-state index contributed by atoms with van der Waals surface area (Å²) in [5, 5.41) is 2.51. The Hall–Kier alpha value is -2.89. The van der Waals surface area contributed by atoms with Gasteiger partial charge < -0.3 is 14.8 Å². The van der Waals surface area contributed by atoms with Gasteiger partial charge in [0.25, 0.3) is 5.91 Å². The van der Waals surface area contributed by atoms with Gasteiger partial charge in [0.15, 0.2) is 11.6 Å². The highest BCUT2D eigenvalue weighted by Gasteiger charge is 2.15. The standard InChI is InChI=1S/C21H24FNO4/c1-21(2,3)16-10-8-15(9-11-16)20(25)23-14-19(24)27-13-12-26-18-7-5-4-6-17(18)22/h4-11H,12-14H2,1-3H3,(H,23,25). The van der Waals surface area contributed by atoms with Gasteiger partial charge in [0.2, 0.25) is 0 Å². The molecule has 0 aliphatic heterocycles. The van der Waals surface area contributed by atoms with E-state index in [1.807, 2.05) is 12.1 Å². The maximum Gasteiger partial charge on any atom is 0.325 e. The Bertz CT molecular complexity index is 782. The van der Waals surface area contributed by atoms with Crippen LogP contribution in [0.2, 0.25) is 0 Å². The lowest BCUT2D eigenvalue weighted by molar-refractivity contribution is -0.143. The van der Waals surface area contributed by atoms with Gasteiger partial charge in [-0.1, -0.05) is 45.0 Å². The number of carbonyl (C=O) groups excluding carboxylic acids is 2. The van der Waals surface area contributed by atoms with E-state index in [4.69, 9.17) is 9.47 Å². The van der Waals surface area contributed by atoms with Crippen LogP contribution in [-0.2, 0) is 14.9 Å². The highest BCUT2D eigenvalue weighted by atomic mass is 19.1. The minimum atomic E-state index is -0.591. The largest absolute Gasteiger partial charge is 0.487 e. The molecule has 0 aliphatic rings. The van der Waals surface area contributed by atoms with Crippen LogP contribution in [0.5, 0.6) is 5.75 Å². The first-order valence-corrected chi connectivity index (χ1v) is 8.69. The predicted molar refractivity (Wildman–Crippen MR) is 100 cm³/mol. The zero-order valence-corrected chi connectivity index (χ0v) is 15.8. The van der Waals surface area contributed by atoms with Gasteiger partial charge in [-0.25, -0.2) is 4.39 Å². The average Bonchev–Trinajstić information content (AvgIpc) is 2.64. The Kier molecular flexibility index (Phi) is 6.93. The molecule has 1 amide bonds. The Morgan fingerprint density at radius 2 is 1.67 bits per heavy atom. The number of esters is 1. The van der Waals surface area contributed by atoms with Crippen molar-refractivity contribution in [3.8, 4) is 5.75 Å². The Labute approximate surface area is 158 Å². The Balaban J connectivity index is 1.70. The third kappa shape index (κ3) is 6.40. The molecule has 0 atom stereocenters. The van der Waals surface area contributed by atoms with Crippen LogP contribution in [0.4, 0.5) is 4.39 Å². The maximum absolute atomic E-state index is 13.4.